The van der Waals surface area contributed by atoms with E-state index >= 15 is 0 Å². The lowest BCUT2D eigenvalue weighted by atomic mass is 10.2. The number of carbonyl (C=O) groups excluding carboxylic acids is 1. The molecule has 0 fully saturated rings. The molecular formula is C11H8F4O2. The summed E-state index contributed by atoms with van der Waals surface area (Å²) >= 11 is 0. The van der Waals surface area contributed by atoms with Crippen molar-refractivity contribution in [2.45, 2.75) is 12.3 Å². The van der Waals surface area contributed by atoms with Gasteiger partial charge in [0.15, 0.2) is 0 Å². The minimum atomic E-state index is -4.81. The molecule has 0 N–H and O–H groups in total. The molecule has 6 heteroatoms. The zero-order valence-corrected chi connectivity index (χ0v) is 8.50. The van der Waals surface area contributed by atoms with Gasteiger partial charge in [0.25, 0.3) is 0 Å². The van der Waals surface area contributed by atoms with E-state index in [4.69, 9.17) is 0 Å². The van der Waals surface area contributed by atoms with Crippen molar-refractivity contribution in [1.29, 1.82) is 0 Å². The monoisotopic (exact) mass is 248 g/mol. The van der Waals surface area contributed by atoms with Crippen LogP contribution in [0.1, 0.15) is 5.56 Å². The Bertz CT molecular complexity index is 412. The Balaban J connectivity index is 2.77. The minimum absolute atomic E-state index is 0.235. The van der Waals surface area contributed by atoms with Crippen LogP contribution in [0.3, 0.4) is 0 Å². The SMILES string of the molecule is C=Cc1ccc(OC(=O)C(F)(F)C(F)F)cc1. The lowest BCUT2D eigenvalue weighted by molar-refractivity contribution is -0.184. The number of rotatable bonds is 4. The average molecular weight is 248 g/mol. The van der Waals surface area contributed by atoms with E-state index in [1.54, 1.807) is 0 Å². The van der Waals surface area contributed by atoms with Crippen molar-refractivity contribution in [3.63, 3.8) is 0 Å². The van der Waals surface area contributed by atoms with E-state index in [1.807, 2.05) is 0 Å². The van der Waals surface area contributed by atoms with Crippen molar-refractivity contribution in [2.24, 2.45) is 0 Å². The highest BCUT2D eigenvalue weighted by Crippen LogP contribution is 2.25. The van der Waals surface area contributed by atoms with E-state index in [-0.39, 0.29) is 5.75 Å². The second-order valence-corrected chi connectivity index (χ2v) is 3.09. The molecular weight excluding hydrogens is 240 g/mol. The second kappa shape index (κ2) is 4.99. The predicted octanol–water partition coefficient (Wildman–Crippen LogP) is 3.14. The summed E-state index contributed by atoms with van der Waals surface area (Å²) in [5.74, 6) is -7.32. The van der Waals surface area contributed by atoms with Crippen molar-refractivity contribution >= 4 is 12.0 Å². The average Bonchev–Trinajstić information content (AvgIpc) is 2.29. The number of ether oxygens (including phenoxy) is 1. The van der Waals surface area contributed by atoms with Crippen LogP contribution in [0.25, 0.3) is 6.08 Å². The normalized spacial score (nSPS) is 11.4. The number of halogens is 4. The molecule has 0 amide bonds. The first kappa shape index (κ1) is 13.2. The summed E-state index contributed by atoms with van der Waals surface area (Å²) in [6.45, 7) is 3.46. The fraction of sp³-hybridized carbons (Fsp3) is 0.182. The Hall–Kier alpha value is -1.85. The van der Waals surface area contributed by atoms with E-state index in [2.05, 4.69) is 11.3 Å². The number of benzene rings is 1. The number of alkyl halides is 4. The van der Waals surface area contributed by atoms with Crippen LogP contribution in [0.2, 0.25) is 0 Å². The van der Waals surface area contributed by atoms with Crippen molar-refractivity contribution in [3.05, 3.63) is 36.4 Å². The molecule has 0 aromatic heterocycles. The summed E-state index contributed by atoms with van der Waals surface area (Å²) in [4.78, 5) is 10.8. The van der Waals surface area contributed by atoms with Crippen LogP contribution in [0.5, 0.6) is 5.75 Å². The Morgan fingerprint density at radius 3 is 2.24 bits per heavy atom. The molecule has 0 aliphatic carbocycles. The maximum absolute atomic E-state index is 12.5. The van der Waals surface area contributed by atoms with Gasteiger partial charge in [0.1, 0.15) is 5.75 Å². The molecule has 0 aliphatic rings. The van der Waals surface area contributed by atoms with E-state index in [1.165, 1.54) is 30.3 Å². The van der Waals surface area contributed by atoms with Crippen LogP contribution >= 0.6 is 0 Å². The summed E-state index contributed by atoms with van der Waals surface area (Å²) in [5.41, 5.74) is 0.672. The summed E-state index contributed by atoms with van der Waals surface area (Å²) in [6, 6.07) is 5.29. The van der Waals surface area contributed by atoms with E-state index < -0.39 is 18.3 Å². The molecule has 0 saturated carbocycles. The lowest BCUT2D eigenvalue weighted by Gasteiger charge is -2.13. The van der Waals surface area contributed by atoms with Gasteiger partial charge in [-0.25, -0.2) is 13.6 Å². The third-order valence-electron chi connectivity index (χ3n) is 1.87. The maximum atomic E-state index is 12.5. The van der Waals surface area contributed by atoms with Gasteiger partial charge in [-0.1, -0.05) is 24.8 Å². The Labute approximate surface area is 94.5 Å². The zero-order chi connectivity index (χ0) is 13.1. The summed E-state index contributed by atoms with van der Waals surface area (Å²) in [7, 11) is 0. The van der Waals surface area contributed by atoms with Crippen LogP contribution in [0.15, 0.2) is 30.8 Å². The molecule has 92 valence electrons. The van der Waals surface area contributed by atoms with Gasteiger partial charge in [0.05, 0.1) is 0 Å². The minimum Gasteiger partial charge on any atom is -0.422 e. The van der Waals surface area contributed by atoms with Gasteiger partial charge in [-0.05, 0) is 17.7 Å². The molecule has 0 unspecified atom stereocenters. The van der Waals surface area contributed by atoms with Gasteiger partial charge in [0, 0.05) is 0 Å². The molecule has 17 heavy (non-hydrogen) atoms. The smallest absolute Gasteiger partial charge is 0.402 e. The fourth-order valence-corrected chi connectivity index (χ4v) is 0.936. The molecule has 0 heterocycles. The molecule has 0 spiro atoms. The molecule has 0 aliphatic heterocycles. The molecule has 0 saturated heterocycles. The first-order chi connectivity index (χ1) is 7.87. The highest BCUT2D eigenvalue weighted by Gasteiger charge is 2.51. The standard InChI is InChI=1S/C11H8F4O2/c1-2-7-3-5-8(6-4-7)17-10(16)11(14,15)9(12)13/h2-6,9H,1H2. The number of hydrogen-bond donors (Lipinski definition) is 0. The van der Waals surface area contributed by atoms with Crippen LogP contribution in [-0.2, 0) is 4.79 Å². The van der Waals surface area contributed by atoms with E-state index in [9.17, 15) is 22.4 Å². The Morgan fingerprint density at radius 2 is 1.82 bits per heavy atom. The van der Waals surface area contributed by atoms with Crippen molar-refractivity contribution < 1.29 is 27.1 Å². The molecule has 0 radical (unpaired) electrons. The zero-order valence-electron chi connectivity index (χ0n) is 8.50. The first-order valence-corrected chi connectivity index (χ1v) is 4.48. The maximum Gasteiger partial charge on any atom is 0.402 e. The summed E-state index contributed by atoms with van der Waals surface area (Å²) in [6.07, 6.45) is -2.61. The number of esters is 1. The highest BCUT2D eigenvalue weighted by molar-refractivity contribution is 5.80. The highest BCUT2D eigenvalue weighted by atomic mass is 19.3. The van der Waals surface area contributed by atoms with Crippen LogP contribution in [0.4, 0.5) is 17.6 Å². The molecule has 2 nitrogen and oxygen atoms in total. The molecule has 0 atom stereocenters. The number of carbonyl (C=O) groups is 1. The number of hydrogen-bond acceptors (Lipinski definition) is 2. The van der Waals surface area contributed by atoms with Gasteiger partial charge in [-0.3, -0.25) is 0 Å². The molecule has 1 aromatic carbocycles. The third-order valence-corrected chi connectivity index (χ3v) is 1.87. The largest absolute Gasteiger partial charge is 0.422 e. The van der Waals surface area contributed by atoms with Gasteiger partial charge in [-0.2, -0.15) is 8.78 Å². The quantitative estimate of drug-likeness (QED) is 0.465. The predicted molar refractivity (Wildman–Crippen MR) is 53.1 cm³/mol. The fourth-order valence-electron chi connectivity index (χ4n) is 0.936. The first-order valence-electron chi connectivity index (χ1n) is 4.48. The Morgan fingerprint density at radius 1 is 1.29 bits per heavy atom. The van der Waals surface area contributed by atoms with Gasteiger partial charge >= 0.3 is 18.3 Å². The molecule has 1 rings (SSSR count). The summed E-state index contributed by atoms with van der Waals surface area (Å²) < 4.78 is 52.8. The lowest BCUT2D eigenvalue weighted by Crippen LogP contribution is -2.39. The molecule has 0 bridgehead atoms. The second-order valence-electron chi connectivity index (χ2n) is 3.09. The van der Waals surface area contributed by atoms with E-state index in [0.29, 0.717) is 5.56 Å². The topological polar surface area (TPSA) is 26.3 Å². The third kappa shape index (κ3) is 3.05. The van der Waals surface area contributed by atoms with Crippen LogP contribution < -0.4 is 4.74 Å². The van der Waals surface area contributed by atoms with Gasteiger partial charge in [0.2, 0.25) is 0 Å². The van der Waals surface area contributed by atoms with Crippen molar-refractivity contribution in [3.8, 4) is 5.75 Å². The van der Waals surface area contributed by atoms with Crippen molar-refractivity contribution in [1.82, 2.24) is 0 Å². The van der Waals surface area contributed by atoms with Gasteiger partial charge < -0.3 is 4.74 Å². The molecule has 1 aromatic rings. The Kier molecular flexibility index (Phi) is 3.88. The van der Waals surface area contributed by atoms with Crippen molar-refractivity contribution in [2.75, 3.05) is 0 Å². The summed E-state index contributed by atoms with van der Waals surface area (Å²) in [5, 5.41) is 0. The van der Waals surface area contributed by atoms with Crippen LogP contribution in [-0.4, -0.2) is 18.3 Å². The van der Waals surface area contributed by atoms with Crippen LogP contribution in [0, 0.1) is 0 Å². The van der Waals surface area contributed by atoms with E-state index in [0.717, 1.165) is 0 Å². The van der Waals surface area contributed by atoms with Gasteiger partial charge in [-0.15, -0.1) is 0 Å².